The average Bonchev–Trinajstić information content (AvgIpc) is 2.96. The third-order valence-corrected chi connectivity index (χ3v) is 3.34. The fraction of sp³-hybridized carbons (Fsp3) is 0.538. The van der Waals surface area contributed by atoms with E-state index >= 15 is 0 Å². The summed E-state index contributed by atoms with van der Waals surface area (Å²) in [6.45, 7) is 5.18. The van der Waals surface area contributed by atoms with Gasteiger partial charge in [-0.2, -0.15) is 0 Å². The van der Waals surface area contributed by atoms with E-state index in [1.807, 2.05) is 31.0 Å². The van der Waals surface area contributed by atoms with E-state index in [9.17, 15) is 9.59 Å². The molecule has 0 unspecified atom stereocenters. The molecule has 1 aliphatic heterocycles. The first-order chi connectivity index (χ1) is 8.99. The molecule has 0 radical (unpaired) electrons. The molecule has 19 heavy (non-hydrogen) atoms. The van der Waals surface area contributed by atoms with Crippen LogP contribution in [0.15, 0.2) is 16.5 Å². The van der Waals surface area contributed by atoms with E-state index in [0.717, 1.165) is 11.5 Å². The molecule has 2 heterocycles. The second-order valence-corrected chi connectivity index (χ2v) is 4.83. The zero-order chi connectivity index (χ0) is 14.0. The highest BCUT2D eigenvalue weighted by Crippen LogP contribution is 2.12. The molecule has 104 valence electrons. The van der Waals surface area contributed by atoms with Crippen LogP contribution in [0.2, 0.25) is 0 Å². The molecule has 1 N–H and O–H groups in total. The van der Waals surface area contributed by atoms with E-state index in [0.29, 0.717) is 19.6 Å². The Labute approximate surface area is 112 Å². The van der Waals surface area contributed by atoms with Crippen LogP contribution in [0.4, 0.5) is 4.79 Å². The molecule has 1 fully saturated rings. The fourth-order valence-corrected chi connectivity index (χ4v) is 2.05. The van der Waals surface area contributed by atoms with Gasteiger partial charge in [-0.05, 0) is 33.0 Å². The van der Waals surface area contributed by atoms with Crippen LogP contribution in [0.1, 0.15) is 18.4 Å². The van der Waals surface area contributed by atoms with E-state index in [-0.39, 0.29) is 18.0 Å². The van der Waals surface area contributed by atoms with Crippen LogP contribution in [0.5, 0.6) is 0 Å². The second kappa shape index (κ2) is 5.44. The Morgan fingerprint density at radius 1 is 1.58 bits per heavy atom. The Balaban J connectivity index is 1.96. The Morgan fingerprint density at radius 3 is 2.84 bits per heavy atom. The van der Waals surface area contributed by atoms with E-state index < -0.39 is 0 Å². The normalized spacial score (nSPS) is 16.8. The summed E-state index contributed by atoms with van der Waals surface area (Å²) in [4.78, 5) is 26.8. The summed E-state index contributed by atoms with van der Waals surface area (Å²) in [7, 11) is 1.84. The molecular formula is C13H19N3O3. The summed E-state index contributed by atoms with van der Waals surface area (Å²) in [5.74, 6) is 1.48. The van der Waals surface area contributed by atoms with Crippen LogP contribution in [-0.4, -0.2) is 47.9 Å². The number of nitrogens with zero attached hydrogens (tertiary/aromatic N) is 2. The smallest absolute Gasteiger partial charge is 0.324 e. The largest absolute Gasteiger partial charge is 0.465 e. The molecule has 3 amide bonds. The number of carbonyl (C=O) groups excluding carboxylic acids is 2. The van der Waals surface area contributed by atoms with Gasteiger partial charge in [-0.1, -0.05) is 0 Å². The van der Waals surface area contributed by atoms with Crippen molar-refractivity contribution >= 4 is 11.9 Å². The van der Waals surface area contributed by atoms with Crippen molar-refractivity contribution in [1.82, 2.24) is 15.1 Å². The first-order valence-electron chi connectivity index (χ1n) is 6.34. The minimum absolute atomic E-state index is 0.180. The highest BCUT2D eigenvalue weighted by atomic mass is 16.3. The summed E-state index contributed by atoms with van der Waals surface area (Å²) in [5.41, 5.74) is 0. The van der Waals surface area contributed by atoms with Gasteiger partial charge in [0.1, 0.15) is 11.5 Å². The van der Waals surface area contributed by atoms with Crippen molar-refractivity contribution in [2.24, 2.45) is 0 Å². The number of hydrogen-bond donors (Lipinski definition) is 1. The summed E-state index contributed by atoms with van der Waals surface area (Å²) in [6, 6.07) is 3.11. The monoisotopic (exact) mass is 265 g/mol. The zero-order valence-electron chi connectivity index (χ0n) is 11.5. The number of aryl methyl sites for hydroxylation is 1. The topological polar surface area (TPSA) is 65.8 Å². The molecule has 0 spiro atoms. The molecule has 1 aliphatic rings. The Morgan fingerprint density at radius 2 is 2.32 bits per heavy atom. The SMILES string of the molecule is Cc1ccc(CN(C)[C@@H](C)C(=O)N2CCNC2=O)o1. The van der Waals surface area contributed by atoms with Crippen LogP contribution < -0.4 is 5.32 Å². The van der Waals surface area contributed by atoms with Gasteiger partial charge in [0.25, 0.3) is 0 Å². The number of amides is 3. The van der Waals surface area contributed by atoms with Crippen molar-refractivity contribution in [3.05, 3.63) is 23.7 Å². The van der Waals surface area contributed by atoms with Gasteiger partial charge >= 0.3 is 6.03 Å². The number of nitrogens with one attached hydrogen (secondary N) is 1. The van der Waals surface area contributed by atoms with Gasteiger partial charge in [-0.15, -0.1) is 0 Å². The molecule has 0 bridgehead atoms. The fourth-order valence-electron chi connectivity index (χ4n) is 2.05. The van der Waals surface area contributed by atoms with Crippen molar-refractivity contribution < 1.29 is 14.0 Å². The van der Waals surface area contributed by atoms with Gasteiger partial charge < -0.3 is 9.73 Å². The Bertz CT molecular complexity index is 483. The van der Waals surface area contributed by atoms with E-state index in [2.05, 4.69) is 5.32 Å². The molecule has 0 saturated carbocycles. The van der Waals surface area contributed by atoms with Gasteiger partial charge in [-0.3, -0.25) is 14.6 Å². The number of rotatable bonds is 4. The van der Waals surface area contributed by atoms with Gasteiger partial charge in [0.15, 0.2) is 0 Å². The summed E-state index contributed by atoms with van der Waals surface area (Å²) in [5, 5.41) is 2.63. The lowest BCUT2D eigenvalue weighted by molar-refractivity contribution is -0.132. The van der Waals surface area contributed by atoms with Crippen LogP contribution in [0, 0.1) is 6.92 Å². The molecule has 6 heteroatoms. The Hall–Kier alpha value is -1.82. The quantitative estimate of drug-likeness (QED) is 0.880. The predicted molar refractivity (Wildman–Crippen MR) is 69.5 cm³/mol. The number of likely N-dealkylation sites (N-methyl/N-ethyl adjacent to an activating group) is 1. The van der Waals surface area contributed by atoms with E-state index in [1.165, 1.54) is 4.90 Å². The first-order valence-corrected chi connectivity index (χ1v) is 6.34. The lowest BCUT2D eigenvalue weighted by Gasteiger charge is -2.25. The van der Waals surface area contributed by atoms with E-state index in [1.54, 1.807) is 6.92 Å². The van der Waals surface area contributed by atoms with Crippen molar-refractivity contribution in [1.29, 1.82) is 0 Å². The third kappa shape index (κ3) is 2.96. The van der Waals surface area contributed by atoms with Crippen LogP contribution in [-0.2, 0) is 11.3 Å². The maximum atomic E-state index is 12.2. The van der Waals surface area contributed by atoms with Crippen LogP contribution in [0.25, 0.3) is 0 Å². The van der Waals surface area contributed by atoms with Crippen molar-refractivity contribution in [3.63, 3.8) is 0 Å². The lowest BCUT2D eigenvalue weighted by atomic mass is 10.2. The molecule has 0 aromatic carbocycles. The van der Waals surface area contributed by atoms with Crippen LogP contribution in [0.3, 0.4) is 0 Å². The van der Waals surface area contributed by atoms with Gasteiger partial charge in [0, 0.05) is 13.1 Å². The molecule has 0 aliphatic carbocycles. The number of imide groups is 1. The number of hydrogen-bond acceptors (Lipinski definition) is 4. The molecule has 1 atom stereocenters. The zero-order valence-corrected chi connectivity index (χ0v) is 11.5. The maximum Gasteiger partial charge on any atom is 0.324 e. The molecule has 6 nitrogen and oxygen atoms in total. The maximum absolute atomic E-state index is 12.2. The first kappa shape index (κ1) is 13.6. The standard InChI is InChI=1S/C13H19N3O3/c1-9-4-5-11(19-9)8-15(3)10(2)12(17)16-7-6-14-13(16)18/h4-5,10H,6-8H2,1-3H3,(H,14,18)/t10-/m0/s1. The number of furan rings is 1. The van der Waals surface area contributed by atoms with Crippen molar-refractivity contribution in [3.8, 4) is 0 Å². The second-order valence-electron chi connectivity index (χ2n) is 4.83. The summed E-state index contributed by atoms with van der Waals surface area (Å²) in [6.07, 6.45) is 0. The Kier molecular flexibility index (Phi) is 3.90. The third-order valence-electron chi connectivity index (χ3n) is 3.34. The minimum Gasteiger partial charge on any atom is -0.465 e. The molecular weight excluding hydrogens is 246 g/mol. The molecule has 1 aromatic heterocycles. The molecule has 1 aromatic rings. The summed E-state index contributed by atoms with van der Waals surface area (Å²) >= 11 is 0. The summed E-state index contributed by atoms with van der Waals surface area (Å²) < 4.78 is 5.48. The number of carbonyl (C=O) groups is 2. The molecule has 1 saturated heterocycles. The van der Waals surface area contributed by atoms with Crippen molar-refractivity contribution in [2.75, 3.05) is 20.1 Å². The van der Waals surface area contributed by atoms with Crippen LogP contribution >= 0.6 is 0 Å². The predicted octanol–water partition coefficient (Wildman–Crippen LogP) is 0.960. The lowest BCUT2D eigenvalue weighted by Crippen LogP contribution is -2.46. The highest BCUT2D eigenvalue weighted by molar-refractivity contribution is 5.98. The molecule has 2 rings (SSSR count). The van der Waals surface area contributed by atoms with Crippen molar-refractivity contribution in [2.45, 2.75) is 26.4 Å². The van der Waals surface area contributed by atoms with Gasteiger partial charge in [0.2, 0.25) is 5.91 Å². The van der Waals surface area contributed by atoms with E-state index in [4.69, 9.17) is 4.42 Å². The van der Waals surface area contributed by atoms with Gasteiger partial charge in [-0.25, -0.2) is 4.79 Å². The highest BCUT2D eigenvalue weighted by Gasteiger charge is 2.31. The number of urea groups is 1. The average molecular weight is 265 g/mol. The van der Waals surface area contributed by atoms with Gasteiger partial charge in [0.05, 0.1) is 12.6 Å². The minimum atomic E-state index is -0.366.